The number of rotatable bonds is 4. The quantitative estimate of drug-likeness (QED) is 0.760. The number of carbonyl (C=O) groups excluding carboxylic acids is 1. The van der Waals surface area contributed by atoms with Gasteiger partial charge in [0, 0.05) is 5.56 Å². The highest BCUT2D eigenvalue weighted by Crippen LogP contribution is 2.32. The van der Waals surface area contributed by atoms with Crippen LogP contribution in [0.2, 0.25) is 0 Å². The molecule has 0 saturated carbocycles. The average molecular weight is 375 g/mol. The first kappa shape index (κ1) is 16.9. The molecule has 0 spiro atoms. The molecular weight excluding hydrogens is 354 g/mol. The van der Waals surface area contributed by atoms with Gasteiger partial charge >= 0.3 is 0 Å². The number of para-hydroxylation sites is 1. The van der Waals surface area contributed by atoms with Crippen molar-refractivity contribution in [3.8, 4) is 17.2 Å². The smallest absolute Gasteiger partial charge is 0.229 e. The van der Waals surface area contributed by atoms with E-state index in [1.165, 1.54) is 0 Å². The van der Waals surface area contributed by atoms with Gasteiger partial charge in [0.2, 0.25) is 5.91 Å². The summed E-state index contributed by atoms with van der Waals surface area (Å²) in [5.74, 6) is 2.16. The molecule has 2 aliphatic rings. The van der Waals surface area contributed by atoms with Crippen LogP contribution in [0.25, 0.3) is 5.69 Å². The Hall–Kier alpha value is -3.28. The minimum atomic E-state index is -0.0662. The lowest BCUT2D eigenvalue weighted by atomic mass is 10.1. The Bertz CT molecular complexity index is 1030. The summed E-state index contributed by atoms with van der Waals surface area (Å²) in [5, 5.41) is 7.85. The zero-order valence-electron chi connectivity index (χ0n) is 15.5. The van der Waals surface area contributed by atoms with Crippen molar-refractivity contribution in [3.63, 3.8) is 0 Å². The molecular formula is C22H21N3O3. The highest BCUT2D eigenvalue weighted by atomic mass is 16.6. The molecule has 1 amide bonds. The van der Waals surface area contributed by atoms with Crippen molar-refractivity contribution in [3.05, 3.63) is 65.4 Å². The van der Waals surface area contributed by atoms with E-state index in [-0.39, 0.29) is 12.3 Å². The third-order valence-electron chi connectivity index (χ3n) is 5.14. The Balaban J connectivity index is 1.39. The van der Waals surface area contributed by atoms with Crippen LogP contribution in [0.5, 0.6) is 11.5 Å². The zero-order chi connectivity index (χ0) is 18.9. The summed E-state index contributed by atoms with van der Waals surface area (Å²) in [6, 6.07) is 15.6. The molecule has 1 N–H and O–H groups in total. The van der Waals surface area contributed by atoms with Crippen LogP contribution >= 0.6 is 0 Å². The molecule has 1 aliphatic carbocycles. The highest BCUT2D eigenvalue weighted by molar-refractivity contribution is 5.92. The molecule has 1 aromatic heterocycles. The third-order valence-corrected chi connectivity index (χ3v) is 5.14. The van der Waals surface area contributed by atoms with Gasteiger partial charge in [-0.05, 0) is 49.1 Å². The van der Waals surface area contributed by atoms with Crippen molar-refractivity contribution < 1.29 is 14.3 Å². The van der Waals surface area contributed by atoms with Gasteiger partial charge in [0.1, 0.15) is 19.0 Å². The Kier molecular flexibility index (Phi) is 4.24. The summed E-state index contributed by atoms with van der Waals surface area (Å²) in [4.78, 5) is 12.8. The molecule has 0 radical (unpaired) electrons. The Morgan fingerprint density at radius 1 is 1.04 bits per heavy atom. The second-order valence-corrected chi connectivity index (χ2v) is 7.08. The van der Waals surface area contributed by atoms with Crippen molar-refractivity contribution in [2.45, 2.75) is 25.7 Å². The standard InChI is InChI=1S/C22H21N3O3/c26-21(14-15-9-10-19-20(13-15)28-12-11-27-19)23-22-17-7-4-8-18(17)24-25(22)16-5-2-1-3-6-16/h1-3,5-6,9-10,13H,4,7-8,11-12,14H2,(H,23,26). The Labute approximate surface area is 163 Å². The summed E-state index contributed by atoms with van der Waals surface area (Å²) >= 11 is 0. The topological polar surface area (TPSA) is 65.4 Å². The average Bonchev–Trinajstić information content (AvgIpc) is 3.31. The van der Waals surface area contributed by atoms with Gasteiger partial charge < -0.3 is 14.8 Å². The molecule has 6 nitrogen and oxygen atoms in total. The van der Waals surface area contributed by atoms with Crippen LogP contribution in [0.3, 0.4) is 0 Å². The summed E-state index contributed by atoms with van der Waals surface area (Å²) in [6.45, 7) is 1.09. The van der Waals surface area contributed by atoms with Crippen molar-refractivity contribution in [2.75, 3.05) is 18.5 Å². The second-order valence-electron chi connectivity index (χ2n) is 7.08. The first-order chi connectivity index (χ1) is 13.8. The van der Waals surface area contributed by atoms with Gasteiger partial charge in [-0.1, -0.05) is 24.3 Å². The van der Waals surface area contributed by atoms with E-state index in [4.69, 9.17) is 14.6 Å². The van der Waals surface area contributed by atoms with Gasteiger partial charge in [-0.2, -0.15) is 5.10 Å². The maximum atomic E-state index is 12.8. The van der Waals surface area contributed by atoms with E-state index in [9.17, 15) is 4.79 Å². The second kappa shape index (κ2) is 7.03. The number of benzene rings is 2. The number of nitrogens with zero attached hydrogens (tertiary/aromatic N) is 2. The summed E-state index contributed by atoms with van der Waals surface area (Å²) < 4.78 is 13.0. The van der Waals surface area contributed by atoms with E-state index in [0.29, 0.717) is 19.0 Å². The number of hydrogen-bond donors (Lipinski definition) is 1. The number of ether oxygens (including phenoxy) is 2. The fourth-order valence-electron chi connectivity index (χ4n) is 3.84. The fourth-order valence-corrected chi connectivity index (χ4v) is 3.84. The van der Waals surface area contributed by atoms with Crippen molar-refractivity contribution in [2.24, 2.45) is 0 Å². The van der Waals surface area contributed by atoms with Crippen LogP contribution < -0.4 is 14.8 Å². The minimum absolute atomic E-state index is 0.0662. The number of fused-ring (bicyclic) bond motifs is 2. The van der Waals surface area contributed by atoms with E-state index in [1.807, 2.05) is 53.2 Å². The van der Waals surface area contributed by atoms with Crippen molar-refractivity contribution in [1.29, 1.82) is 0 Å². The van der Waals surface area contributed by atoms with Crippen LogP contribution in [0.1, 0.15) is 23.2 Å². The first-order valence-electron chi connectivity index (χ1n) is 9.62. The molecule has 0 atom stereocenters. The Morgan fingerprint density at radius 3 is 2.71 bits per heavy atom. The molecule has 0 fully saturated rings. The largest absolute Gasteiger partial charge is 0.486 e. The SMILES string of the molecule is O=C(Cc1ccc2c(c1)OCCO2)Nc1c2c(nn1-c1ccccc1)CCC2. The number of aromatic nitrogens is 2. The van der Waals surface area contributed by atoms with Crippen molar-refractivity contribution in [1.82, 2.24) is 9.78 Å². The van der Waals surface area contributed by atoms with Gasteiger partial charge in [0.05, 0.1) is 17.8 Å². The molecule has 0 bridgehead atoms. The lowest BCUT2D eigenvalue weighted by molar-refractivity contribution is -0.115. The van der Waals surface area contributed by atoms with E-state index in [2.05, 4.69) is 5.32 Å². The molecule has 142 valence electrons. The van der Waals surface area contributed by atoms with Crippen molar-refractivity contribution >= 4 is 11.7 Å². The van der Waals surface area contributed by atoms with Crippen LogP contribution in [0.4, 0.5) is 5.82 Å². The molecule has 3 aromatic rings. The maximum absolute atomic E-state index is 12.8. The fraction of sp³-hybridized carbons (Fsp3) is 0.273. The zero-order valence-corrected chi connectivity index (χ0v) is 15.5. The highest BCUT2D eigenvalue weighted by Gasteiger charge is 2.24. The molecule has 2 heterocycles. The van der Waals surface area contributed by atoms with Crippen LogP contribution in [-0.2, 0) is 24.1 Å². The number of aryl methyl sites for hydroxylation is 1. The monoisotopic (exact) mass is 375 g/mol. The van der Waals surface area contributed by atoms with Crippen LogP contribution in [0, 0.1) is 0 Å². The molecule has 0 saturated heterocycles. The predicted octanol–water partition coefficient (Wildman–Crippen LogP) is 3.31. The predicted molar refractivity (Wildman–Crippen MR) is 105 cm³/mol. The van der Waals surface area contributed by atoms with Crippen LogP contribution in [0.15, 0.2) is 48.5 Å². The van der Waals surface area contributed by atoms with Gasteiger partial charge in [0.25, 0.3) is 0 Å². The van der Waals surface area contributed by atoms with Gasteiger partial charge in [-0.15, -0.1) is 0 Å². The van der Waals surface area contributed by atoms with E-state index in [1.54, 1.807) is 0 Å². The first-order valence-corrected chi connectivity index (χ1v) is 9.62. The summed E-state index contributed by atoms with van der Waals surface area (Å²) in [6.07, 6.45) is 3.26. The maximum Gasteiger partial charge on any atom is 0.229 e. The van der Waals surface area contributed by atoms with E-state index < -0.39 is 0 Å². The van der Waals surface area contributed by atoms with Gasteiger partial charge in [-0.3, -0.25) is 4.79 Å². The normalized spacial score (nSPS) is 14.6. The van der Waals surface area contributed by atoms with E-state index in [0.717, 1.165) is 53.3 Å². The van der Waals surface area contributed by atoms with Gasteiger partial charge in [0.15, 0.2) is 11.5 Å². The number of amides is 1. The Morgan fingerprint density at radius 2 is 1.86 bits per heavy atom. The molecule has 5 rings (SSSR count). The molecule has 28 heavy (non-hydrogen) atoms. The number of nitrogens with one attached hydrogen (secondary N) is 1. The van der Waals surface area contributed by atoms with E-state index >= 15 is 0 Å². The summed E-state index contributed by atoms with van der Waals surface area (Å²) in [7, 11) is 0. The molecule has 2 aromatic carbocycles. The molecule has 0 unspecified atom stereocenters. The summed E-state index contributed by atoms with van der Waals surface area (Å²) in [5.41, 5.74) is 4.08. The van der Waals surface area contributed by atoms with Crippen LogP contribution in [-0.4, -0.2) is 28.9 Å². The lowest BCUT2D eigenvalue weighted by Crippen LogP contribution is -2.19. The lowest BCUT2D eigenvalue weighted by Gasteiger charge is -2.18. The molecule has 1 aliphatic heterocycles. The van der Waals surface area contributed by atoms with Gasteiger partial charge in [-0.25, -0.2) is 4.68 Å². The number of anilines is 1. The number of hydrogen-bond acceptors (Lipinski definition) is 4. The number of carbonyl (C=O) groups is 1. The third kappa shape index (κ3) is 3.11. The molecule has 6 heteroatoms. The minimum Gasteiger partial charge on any atom is -0.486 e.